The van der Waals surface area contributed by atoms with E-state index in [1.54, 1.807) is 0 Å². The molecule has 1 aromatic carbocycles. The zero-order valence-electron chi connectivity index (χ0n) is 19.6. The van der Waals surface area contributed by atoms with Crippen molar-refractivity contribution in [1.82, 2.24) is 9.62 Å². The van der Waals surface area contributed by atoms with Gasteiger partial charge in [0.05, 0.1) is 0 Å². The highest BCUT2D eigenvalue weighted by atomic mass is 32.2. The van der Waals surface area contributed by atoms with Gasteiger partial charge in [-0.25, -0.2) is 17.9 Å². The molecule has 1 fully saturated rings. The maximum Gasteiger partial charge on any atom is 0.332 e. The lowest BCUT2D eigenvalue weighted by atomic mass is 9.99. The van der Waals surface area contributed by atoms with Crippen molar-refractivity contribution in [1.29, 1.82) is 0 Å². The number of rotatable bonds is 7. The Labute approximate surface area is 195 Å². The average Bonchev–Trinajstić information content (AvgIpc) is 3.30. The monoisotopic (exact) mass is 482 g/mol. The van der Waals surface area contributed by atoms with Crippen LogP contribution < -0.4 is 10.0 Å². The Morgan fingerprint density at radius 2 is 1.72 bits per heavy atom. The number of carbonyl (C=O) groups is 1. The molecule has 0 bridgehead atoms. The SMILES string of the molecule is C[S+](OCCN1CC(S(=O)(=O)NC(=O)Nc2c3c(cc4c2CCC4)CCC3)C1)C(C)(C)C. The summed E-state index contributed by atoms with van der Waals surface area (Å²) in [5.41, 5.74) is 5.86. The summed E-state index contributed by atoms with van der Waals surface area (Å²) in [7, 11) is -3.71. The number of carbonyl (C=O) groups excluding carboxylic acids is 1. The van der Waals surface area contributed by atoms with E-state index in [4.69, 9.17) is 4.18 Å². The summed E-state index contributed by atoms with van der Waals surface area (Å²) in [6.45, 7) is 8.59. The number of benzene rings is 1. The van der Waals surface area contributed by atoms with E-state index in [9.17, 15) is 13.2 Å². The second kappa shape index (κ2) is 9.16. The smallest absolute Gasteiger partial charge is 0.307 e. The van der Waals surface area contributed by atoms with Crippen molar-refractivity contribution in [2.45, 2.75) is 69.3 Å². The highest BCUT2D eigenvalue weighted by Crippen LogP contribution is 2.38. The molecule has 1 aliphatic heterocycles. The number of nitrogens with one attached hydrogen (secondary N) is 2. The number of anilines is 1. The van der Waals surface area contributed by atoms with Crippen molar-refractivity contribution in [2.24, 2.45) is 0 Å². The van der Waals surface area contributed by atoms with E-state index in [0.29, 0.717) is 26.2 Å². The van der Waals surface area contributed by atoms with Crippen LogP contribution in [0.4, 0.5) is 10.5 Å². The van der Waals surface area contributed by atoms with Crippen LogP contribution in [0.5, 0.6) is 0 Å². The number of sulfonamides is 1. The molecule has 2 amide bonds. The Morgan fingerprint density at radius 1 is 1.12 bits per heavy atom. The van der Waals surface area contributed by atoms with Crippen LogP contribution in [0.1, 0.15) is 55.9 Å². The standard InChI is InChI=1S/C23H35N3O4S2/c1-23(2,3)31(4)30-12-11-26-14-18(15-26)32(28,29)25-22(27)24-21-19-9-5-7-16(19)13-17-8-6-10-20(17)21/h13,18H,5-12,14-15H2,1-4H3,(H-,24,25,27)/p+1. The van der Waals surface area contributed by atoms with Gasteiger partial charge in [0.2, 0.25) is 10.0 Å². The summed E-state index contributed by atoms with van der Waals surface area (Å²) in [4.78, 5) is 14.7. The summed E-state index contributed by atoms with van der Waals surface area (Å²) in [5, 5.41) is 2.35. The highest BCUT2D eigenvalue weighted by molar-refractivity contribution is 7.93. The topological polar surface area (TPSA) is 87.7 Å². The van der Waals surface area contributed by atoms with Crippen molar-refractivity contribution >= 4 is 32.9 Å². The average molecular weight is 483 g/mol. The molecule has 1 unspecified atom stereocenters. The van der Waals surface area contributed by atoms with Crippen LogP contribution in [-0.4, -0.2) is 61.8 Å². The van der Waals surface area contributed by atoms with E-state index in [2.05, 4.69) is 48.0 Å². The Morgan fingerprint density at radius 3 is 2.28 bits per heavy atom. The van der Waals surface area contributed by atoms with Crippen molar-refractivity contribution in [3.8, 4) is 0 Å². The van der Waals surface area contributed by atoms with Crippen LogP contribution in [0.3, 0.4) is 0 Å². The number of amides is 2. The third-order valence-electron chi connectivity index (χ3n) is 6.84. The number of urea groups is 1. The van der Waals surface area contributed by atoms with Crippen molar-refractivity contribution in [3.05, 3.63) is 28.3 Å². The van der Waals surface area contributed by atoms with Gasteiger partial charge in [-0.3, -0.25) is 4.90 Å². The van der Waals surface area contributed by atoms with Gasteiger partial charge in [0.15, 0.2) is 4.75 Å². The Hall–Kier alpha value is -1.29. The number of nitrogens with zero attached hydrogens (tertiary/aromatic N) is 1. The molecule has 0 spiro atoms. The zero-order chi connectivity index (χ0) is 23.1. The van der Waals surface area contributed by atoms with Crippen LogP contribution in [0, 0.1) is 0 Å². The van der Waals surface area contributed by atoms with E-state index >= 15 is 0 Å². The summed E-state index contributed by atoms with van der Waals surface area (Å²) in [6.07, 6.45) is 8.22. The van der Waals surface area contributed by atoms with Crippen LogP contribution in [0.15, 0.2) is 6.07 Å². The van der Waals surface area contributed by atoms with Crippen LogP contribution in [0.2, 0.25) is 0 Å². The molecule has 32 heavy (non-hydrogen) atoms. The van der Waals surface area contributed by atoms with Crippen molar-refractivity contribution in [3.63, 3.8) is 0 Å². The molecular weight excluding hydrogens is 446 g/mol. The molecule has 2 N–H and O–H groups in total. The number of fused-ring (bicyclic) bond motifs is 2. The Bertz CT molecular complexity index is 950. The van der Waals surface area contributed by atoms with Gasteiger partial charge in [-0.1, -0.05) is 6.07 Å². The molecule has 0 aromatic heterocycles. The van der Waals surface area contributed by atoms with E-state index in [0.717, 1.165) is 44.2 Å². The largest absolute Gasteiger partial charge is 0.332 e. The normalized spacial score (nSPS) is 19.9. The van der Waals surface area contributed by atoms with Crippen LogP contribution in [-0.2, 0) is 51.1 Å². The third-order valence-corrected chi connectivity index (χ3v) is 10.7. The van der Waals surface area contributed by atoms with Crippen molar-refractivity contribution in [2.75, 3.05) is 37.8 Å². The molecule has 0 radical (unpaired) electrons. The third kappa shape index (κ3) is 5.11. The number of aryl methyl sites for hydroxylation is 2. The second-order valence-electron chi connectivity index (χ2n) is 10.1. The summed E-state index contributed by atoms with van der Waals surface area (Å²) >= 11 is -0.145. The fraction of sp³-hybridized carbons (Fsp3) is 0.696. The lowest BCUT2D eigenvalue weighted by Crippen LogP contribution is -2.59. The fourth-order valence-corrected chi connectivity index (χ4v) is 6.66. The molecular formula is C23H36N3O4S2+. The minimum Gasteiger partial charge on any atom is -0.307 e. The van der Waals surface area contributed by atoms with Crippen LogP contribution >= 0.6 is 0 Å². The molecule has 0 saturated carbocycles. The van der Waals surface area contributed by atoms with Crippen molar-refractivity contribution < 1.29 is 17.4 Å². The summed E-state index contributed by atoms with van der Waals surface area (Å²) in [6, 6.07) is 1.65. The maximum absolute atomic E-state index is 12.7. The lowest BCUT2D eigenvalue weighted by molar-refractivity contribution is 0.155. The van der Waals surface area contributed by atoms with Gasteiger partial charge in [-0.15, -0.1) is 0 Å². The fourth-order valence-electron chi connectivity index (χ4n) is 4.69. The molecule has 7 nitrogen and oxygen atoms in total. The predicted molar refractivity (Wildman–Crippen MR) is 131 cm³/mol. The van der Waals surface area contributed by atoms with Gasteiger partial charge < -0.3 is 5.32 Å². The van der Waals surface area contributed by atoms with E-state index < -0.39 is 21.3 Å². The van der Waals surface area contributed by atoms with Crippen LogP contribution in [0.25, 0.3) is 0 Å². The molecule has 9 heteroatoms. The van der Waals surface area contributed by atoms with Gasteiger partial charge >= 0.3 is 6.03 Å². The number of hydrogen-bond donors (Lipinski definition) is 2. The molecule has 1 heterocycles. The number of likely N-dealkylation sites (tertiary alicyclic amines) is 1. The first-order valence-corrected chi connectivity index (χ1v) is 14.7. The second-order valence-corrected chi connectivity index (χ2v) is 14.4. The minimum absolute atomic E-state index is 0.108. The maximum atomic E-state index is 12.7. The Balaban J connectivity index is 1.29. The molecule has 178 valence electrons. The molecule has 2 aliphatic carbocycles. The quantitative estimate of drug-likeness (QED) is 0.584. The van der Waals surface area contributed by atoms with Gasteiger partial charge in [0.25, 0.3) is 0 Å². The molecule has 1 atom stereocenters. The van der Waals surface area contributed by atoms with E-state index in [1.807, 2.05) is 0 Å². The van der Waals surface area contributed by atoms with E-state index in [-0.39, 0.29) is 15.9 Å². The lowest BCUT2D eigenvalue weighted by Gasteiger charge is -2.38. The summed E-state index contributed by atoms with van der Waals surface area (Å²) in [5.74, 6) is 0. The Kier molecular flexibility index (Phi) is 6.83. The van der Waals surface area contributed by atoms with Gasteiger partial charge in [-0.2, -0.15) is 4.18 Å². The first kappa shape index (κ1) is 23.9. The highest BCUT2D eigenvalue weighted by Gasteiger charge is 2.39. The number of hydrogen-bond acceptors (Lipinski definition) is 5. The molecule has 3 aliphatic rings. The predicted octanol–water partition coefficient (Wildman–Crippen LogP) is 2.78. The first-order chi connectivity index (χ1) is 15.0. The zero-order valence-corrected chi connectivity index (χ0v) is 21.3. The van der Waals surface area contributed by atoms with E-state index in [1.165, 1.54) is 22.3 Å². The first-order valence-electron chi connectivity index (χ1n) is 11.6. The van der Waals surface area contributed by atoms with Gasteiger partial charge in [-0.05, 0) is 81.5 Å². The van der Waals surface area contributed by atoms with Gasteiger partial charge in [0, 0.05) is 25.3 Å². The van der Waals surface area contributed by atoms with Gasteiger partial charge in [0.1, 0.15) is 29.3 Å². The minimum atomic E-state index is -3.71. The molecule has 1 saturated heterocycles. The molecule has 4 rings (SSSR count). The summed E-state index contributed by atoms with van der Waals surface area (Å²) < 4.78 is 33.7. The molecule has 1 aromatic rings.